The van der Waals surface area contributed by atoms with Crippen molar-refractivity contribution in [3.05, 3.63) is 53.9 Å². The summed E-state index contributed by atoms with van der Waals surface area (Å²) in [5.41, 5.74) is 2.34. The molecule has 5 nitrogen and oxygen atoms in total. The molecule has 2 fully saturated rings. The topological polar surface area (TPSA) is 60.5 Å². The Morgan fingerprint density at radius 1 is 1.10 bits per heavy atom. The van der Waals surface area contributed by atoms with E-state index >= 15 is 0 Å². The zero-order valence-electron chi connectivity index (χ0n) is 17.3. The van der Waals surface area contributed by atoms with E-state index in [9.17, 15) is 4.79 Å². The second-order valence-corrected chi connectivity index (χ2v) is 8.21. The Morgan fingerprint density at radius 3 is 2.62 bits per heavy atom. The van der Waals surface area contributed by atoms with Gasteiger partial charge in [-0.2, -0.15) is 0 Å². The molecule has 1 aromatic heterocycles. The van der Waals surface area contributed by atoms with Crippen LogP contribution in [0.3, 0.4) is 0 Å². The highest BCUT2D eigenvalue weighted by molar-refractivity contribution is 5.77. The molecule has 29 heavy (non-hydrogen) atoms. The fourth-order valence-corrected chi connectivity index (χ4v) is 5.24. The van der Waals surface area contributed by atoms with E-state index in [0.717, 1.165) is 23.5 Å². The standard InChI is InChI=1S/C24H30N2O3/c1-28-20-11-10-17(14-21(20)29-2)23-18-7-3-4-8-19(18)24(23)26-22(27)12-9-16-6-5-13-25-15-16/h5-6,10-11,13-15,18-19,23-24H,3-4,7-9,12H2,1-2H3,(H,26,27)/t18?,19?,23-,24-/m0/s1. The number of benzene rings is 1. The zero-order valence-corrected chi connectivity index (χ0v) is 17.3. The summed E-state index contributed by atoms with van der Waals surface area (Å²) in [5, 5.41) is 3.37. The third-order valence-corrected chi connectivity index (χ3v) is 6.67. The number of hydrogen-bond donors (Lipinski definition) is 1. The Kier molecular flexibility index (Phi) is 6.02. The Balaban J connectivity index is 1.47. The van der Waals surface area contributed by atoms with Crippen molar-refractivity contribution >= 4 is 5.91 Å². The number of ether oxygens (including phenoxy) is 2. The number of rotatable bonds is 7. The molecule has 0 bridgehead atoms. The average Bonchev–Trinajstić information content (AvgIpc) is 2.77. The zero-order chi connectivity index (χ0) is 20.2. The Morgan fingerprint density at radius 2 is 1.90 bits per heavy atom. The van der Waals surface area contributed by atoms with Crippen LogP contribution < -0.4 is 14.8 Å². The maximum Gasteiger partial charge on any atom is 0.220 e. The lowest BCUT2D eigenvalue weighted by molar-refractivity contribution is -0.124. The minimum absolute atomic E-state index is 0.133. The molecule has 4 rings (SSSR count). The molecule has 154 valence electrons. The Labute approximate surface area is 172 Å². The minimum atomic E-state index is 0.133. The normalized spacial score (nSPS) is 25.4. The predicted octanol–water partition coefficient (Wildman–Crippen LogP) is 4.12. The minimum Gasteiger partial charge on any atom is -0.493 e. The second-order valence-electron chi connectivity index (χ2n) is 8.21. The van der Waals surface area contributed by atoms with Gasteiger partial charge in [-0.3, -0.25) is 9.78 Å². The molecule has 0 aliphatic heterocycles. The van der Waals surface area contributed by atoms with Gasteiger partial charge in [0, 0.05) is 30.8 Å². The first kappa shape index (κ1) is 19.7. The molecule has 2 aliphatic carbocycles. The lowest BCUT2D eigenvalue weighted by Gasteiger charge is -2.55. The lowest BCUT2D eigenvalue weighted by Crippen LogP contribution is -2.59. The summed E-state index contributed by atoms with van der Waals surface area (Å²) in [6.45, 7) is 0. The third-order valence-electron chi connectivity index (χ3n) is 6.67. The van der Waals surface area contributed by atoms with Crippen LogP contribution in [0.15, 0.2) is 42.7 Å². The summed E-state index contributed by atoms with van der Waals surface area (Å²) in [4.78, 5) is 16.9. The molecule has 5 heteroatoms. The van der Waals surface area contributed by atoms with Crippen molar-refractivity contribution in [2.45, 2.75) is 50.5 Å². The molecular weight excluding hydrogens is 364 g/mol. The molecule has 0 saturated heterocycles. The summed E-state index contributed by atoms with van der Waals surface area (Å²) >= 11 is 0. The van der Waals surface area contributed by atoms with Crippen LogP contribution in [0.4, 0.5) is 0 Å². The summed E-state index contributed by atoms with van der Waals surface area (Å²) in [5.74, 6) is 3.21. The predicted molar refractivity (Wildman–Crippen MR) is 112 cm³/mol. The number of hydrogen-bond acceptors (Lipinski definition) is 4. The van der Waals surface area contributed by atoms with Crippen LogP contribution in [-0.4, -0.2) is 31.2 Å². The van der Waals surface area contributed by atoms with E-state index in [0.29, 0.717) is 24.2 Å². The molecule has 4 atom stereocenters. The number of aryl methyl sites for hydroxylation is 1. The van der Waals surface area contributed by atoms with Crippen molar-refractivity contribution in [2.75, 3.05) is 14.2 Å². The van der Waals surface area contributed by atoms with Crippen LogP contribution in [-0.2, 0) is 11.2 Å². The summed E-state index contributed by atoms with van der Waals surface area (Å²) < 4.78 is 10.9. The van der Waals surface area contributed by atoms with E-state index in [1.165, 1.54) is 31.2 Å². The van der Waals surface area contributed by atoms with Gasteiger partial charge in [0.05, 0.1) is 14.2 Å². The van der Waals surface area contributed by atoms with E-state index in [-0.39, 0.29) is 11.9 Å². The van der Waals surface area contributed by atoms with Crippen molar-refractivity contribution in [2.24, 2.45) is 11.8 Å². The largest absolute Gasteiger partial charge is 0.493 e. The van der Waals surface area contributed by atoms with E-state index in [1.54, 1.807) is 20.4 Å². The first-order valence-corrected chi connectivity index (χ1v) is 10.6. The highest BCUT2D eigenvalue weighted by Crippen LogP contribution is 2.55. The molecule has 1 heterocycles. The number of carbonyl (C=O) groups excluding carboxylic acids is 1. The van der Waals surface area contributed by atoms with Gasteiger partial charge in [-0.05, 0) is 60.4 Å². The molecule has 1 N–H and O–H groups in total. The van der Waals surface area contributed by atoms with Crippen molar-refractivity contribution in [1.29, 1.82) is 0 Å². The third kappa shape index (κ3) is 4.09. The fraction of sp³-hybridized carbons (Fsp3) is 0.500. The summed E-state index contributed by atoms with van der Waals surface area (Å²) in [7, 11) is 3.33. The van der Waals surface area contributed by atoms with E-state index in [4.69, 9.17) is 9.47 Å². The first-order chi connectivity index (χ1) is 14.2. The maximum atomic E-state index is 12.7. The van der Waals surface area contributed by atoms with Gasteiger partial charge in [-0.1, -0.05) is 25.0 Å². The van der Waals surface area contributed by atoms with Gasteiger partial charge >= 0.3 is 0 Å². The highest BCUT2D eigenvalue weighted by Gasteiger charge is 2.51. The quantitative estimate of drug-likeness (QED) is 0.767. The number of methoxy groups -OCH3 is 2. The van der Waals surface area contributed by atoms with E-state index in [2.05, 4.69) is 22.4 Å². The number of carbonyl (C=O) groups is 1. The number of amides is 1. The van der Waals surface area contributed by atoms with E-state index in [1.807, 2.05) is 24.4 Å². The van der Waals surface area contributed by atoms with Crippen LogP contribution in [0.5, 0.6) is 11.5 Å². The number of pyridine rings is 1. The molecular formula is C24H30N2O3. The van der Waals surface area contributed by atoms with E-state index < -0.39 is 0 Å². The smallest absolute Gasteiger partial charge is 0.220 e. The molecule has 2 saturated carbocycles. The van der Waals surface area contributed by atoms with Crippen molar-refractivity contribution in [1.82, 2.24) is 10.3 Å². The molecule has 2 unspecified atom stereocenters. The van der Waals surface area contributed by atoms with Crippen LogP contribution in [0.25, 0.3) is 0 Å². The van der Waals surface area contributed by atoms with Gasteiger partial charge in [0.15, 0.2) is 11.5 Å². The second kappa shape index (κ2) is 8.85. The molecule has 2 aromatic rings. The number of fused-ring (bicyclic) bond motifs is 1. The van der Waals surface area contributed by atoms with Crippen LogP contribution in [0.1, 0.15) is 49.1 Å². The van der Waals surface area contributed by atoms with Gasteiger partial charge in [0.25, 0.3) is 0 Å². The number of aromatic nitrogens is 1. The van der Waals surface area contributed by atoms with Crippen LogP contribution >= 0.6 is 0 Å². The van der Waals surface area contributed by atoms with Crippen molar-refractivity contribution in [3.8, 4) is 11.5 Å². The molecule has 0 spiro atoms. The first-order valence-electron chi connectivity index (χ1n) is 10.6. The highest BCUT2D eigenvalue weighted by atomic mass is 16.5. The molecule has 2 aliphatic rings. The Hall–Kier alpha value is -2.56. The van der Waals surface area contributed by atoms with Gasteiger partial charge in [0.2, 0.25) is 5.91 Å². The number of nitrogens with zero attached hydrogens (tertiary/aromatic N) is 1. The monoisotopic (exact) mass is 394 g/mol. The lowest BCUT2D eigenvalue weighted by atomic mass is 9.53. The fourth-order valence-electron chi connectivity index (χ4n) is 5.24. The average molecular weight is 395 g/mol. The number of nitrogens with one attached hydrogen (secondary N) is 1. The molecule has 1 amide bonds. The van der Waals surface area contributed by atoms with Crippen molar-refractivity contribution < 1.29 is 14.3 Å². The van der Waals surface area contributed by atoms with Gasteiger partial charge in [0.1, 0.15) is 0 Å². The maximum absolute atomic E-state index is 12.7. The summed E-state index contributed by atoms with van der Waals surface area (Å²) in [6, 6.07) is 10.3. The SMILES string of the molecule is COc1ccc([C@H]2C3CCCCC3[C@@H]2NC(=O)CCc2cccnc2)cc1OC. The van der Waals surface area contributed by atoms with Crippen molar-refractivity contribution in [3.63, 3.8) is 0 Å². The molecule has 0 radical (unpaired) electrons. The van der Waals surface area contributed by atoms with Gasteiger partial charge in [-0.15, -0.1) is 0 Å². The van der Waals surface area contributed by atoms with Crippen LogP contribution in [0.2, 0.25) is 0 Å². The Bertz CT molecular complexity index is 839. The van der Waals surface area contributed by atoms with Gasteiger partial charge < -0.3 is 14.8 Å². The summed E-state index contributed by atoms with van der Waals surface area (Å²) in [6.07, 6.45) is 9.82. The van der Waals surface area contributed by atoms with Gasteiger partial charge in [-0.25, -0.2) is 0 Å². The van der Waals surface area contributed by atoms with Crippen LogP contribution in [0, 0.1) is 11.8 Å². The molecule has 1 aromatic carbocycles.